The fourth-order valence-electron chi connectivity index (χ4n) is 3.61. The fraction of sp³-hybridized carbons (Fsp3) is 0.600. The fourth-order valence-corrected chi connectivity index (χ4v) is 3.61. The molecule has 1 saturated carbocycles. The summed E-state index contributed by atoms with van der Waals surface area (Å²) in [6, 6.07) is 4.14. The minimum atomic E-state index is 0.0677. The molecule has 3 rings (SSSR count). The first kappa shape index (κ1) is 12.3. The Balaban J connectivity index is 1.80. The van der Waals surface area contributed by atoms with E-state index in [4.69, 9.17) is 5.26 Å². The number of hydrogen-bond donors (Lipinski definition) is 1. The summed E-state index contributed by atoms with van der Waals surface area (Å²) in [6.07, 6.45) is 8.94. The van der Waals surface area contributed by atoms with E-state index in [1.807, 2.05) is 4.90 Å². The lowest BCUT2D eigenvalue weighted by Gasteiger charge is -2.44. The van der Waals surface area contributed by atoms with Crippen LogP contribution in [0.1, 0.15) is 54.6 Å². The Hall–Kier alpha value is -1.76. The zero-order valence-corrected chi connectivity index (χ0v) is 11.1. The van der Waals surface area contributed by atoms with Crippen LogP contribution in [-0.2, 0) is 0 Å². The van der Waals surface area contributed by atoms with Crippen molar-refractivity contribution in [2.45, 2.75) is 44.6 Å². The number of nitrogens with zero attached hydrogens (tertiary/aromatic N) is 2. The Morgan fingerprint density at radius 1 is 1.32 bits per heavy atom. The molecule has 2 aliphatic rings. The van der Waals surface area contributed by atoms with E-state index in [-0.39, 0.29) is 5.91 Å². The average molecular weight is 257 g/mol. The number of nitrogens with one attached hydrogen (secondary N) is 1. The van der Waals surface area contributed by atoms with Crippen molar-refractivity contribution in [1.82, 2.24) is 9.88 Å². The third-order valence-corrected chi connectivity index (χ3v) is 4.55. The van der Waals surface area contributed by atoms with Gasteiger partial charge in [0.05, 0.1) is 5.56 Å². The number of piperidine rings is 1. The van der Waals surface area contributed by atoms with Crippen molar-refractivity contribution < 1.29 is 4.79 Å². The predicted molar refractivity (Wildman–Crippen MR) is 71.5 cm³/mol. The maximum Gasteiger partial charge on any atom is 0.270 e. The number of nitriles is 1. The molecule has 0 aromatic carbocycles. The molecule has 1 saturated heterocycles. The van der Waals surface area contributed by atoms with Gasteiger partial charge in [0.1, 0.15) is 11.8 Å². The number of amides is 1. The monoisotopic (exact) mass is 257 g/mol. The molecule has 1 amide bonds. The highest BCUT2D eigenvalue weighted by Crippen LogP contribution is 2.35. The Kier molecular flexibility index (Phi) is 3.29. The van der Waals surface area contributed by atoms with Gasteiger partial charge in [0.15, 0.2) is 0 Å². The van der Waals surface area contributed by atoms with Crippen molar-refractivity contribution >= 4 is 5.91 Å². The van der Waals surface area contributed by atoms with Crippen LogP contribution in [0.5, 0.6) is 0 Å². The molecule has 4 heteroatoms. The topological polar surface area (TPSA) is 59.9 Å². The van der Waals surface area contributed by atoms with Gasteiger partial charge in [-0.15, -0.1) is 0 Å². The van der Waals surface area contributed by atoms with Crippen LogP contribution in [0.3, 0.4) is 0 Å². The average Bonchev–Trinajstić information content (AvgIpc) is 2.95. The van der Waals surface area contributed by atoms with Crippen molar-refractivity contribution in [2.24, 2.45) is 5.92 Å². The largest absolute Gasteiger partial charge is 0.356 e. The molecule has 2 fully saturated rings. The van der Waals surface area contributed by atoms with Crippen LogP contribution in [0.2, 0.25) is 0 Å². The molecule has 1 aliphatic heterocycles. The number of aromatic nitrogens is 1. The molecule has 2 heterocycles. The van der Waals surface area contributed by atoms with E-state index in [1.54, 1.807) is 12.3 Å². The summed E-state index contributed by atoms with van der Waals surface area (Å²) in [4.78, 5) is 17.5. The van der Waals surface area contributed by atoms with E-state index in [2.05, 4.69) is 11.1 Å². The van der Waals surface area contributed by atoms with Crippen LogP contribution in [0.25, 0.3) is 0 Å². The van der Waals surface area contributed by atoms with Crippen molar-refractivity contribution in [1.29, 1.82) is 5.26 Å². The zero-order chi connectivity index (χ0) is 13.2. The molecule has 1 aliphatic carbocycles. The van der Waals surface area contributed by atoms with Gasteiger partial charge in [-0.05, 0) is 37.7 Å². The number of rotatable bonds is 1. The Morgan fingerprint density at radius 2 is 2.11 bits per heavy atom. The van der Waals surface area contributed by atoms with E-state index in [1.165, 1.54) is 25.7 Å². The number of likely N-dealkylation sites (tertiary alicyclic amines) is 1. The Morgan fingerprint density at radius 3 is 2.89 bits per heavy atom. The minimum Gasteiger partial charge on any atom is -0.356 e. The minimum absolute atomic E-state index is 0.0677. The highest BCUT2D eigenvalue weighted by molar-refractivity contribution is 5.93. The molecule has 0 radical (unpaired) electrons. The molecule has 1 N–H and O–H groups in total. The molecule has 0 spiro atoms. The highest BCUT2D eigenvalue weighted by Gasteiger charge is 2.36. The molecule has 1 aromatic rings. The maximum absolute atomic E-state index is 12.6. The second kappa shape index (κ2) is 5.08. The molecule has 19 heavy (non-hydrogen) atoms. The third kappa shape index (κ3) is 2.25. The van der Waals surface area contributed by atoms with Gasteiger partial charge in [-0.2, -0.15) is 5.26 Å². The van der Waals surface area contributed by atoms with Crippen LogP contribution in [0.4, 0.5) is 0 Å². The summed E-state index contributed by atoms with van der Waals surface area (Å²) in [5, 5.41) is 8.84. The quantitative estimate of drug-likeness (QED) is 0.840. The number of aromatic amines is 1. The molecule has 2 atom stereocenters. The summed E-state index contributed by atoms with van der Waals surface area (Å²) in [7, 11) is 0. The third-order valence-electron chi connectivity index (χ3n) is 4.55. The number of fused-ring (bicyclic) bond motifs is 1. The van der Waals surface area contributed by atoms with Crippen LogP contribution < -0.4 is 0 Å². The second-order valence-corrected chi connectivity index (χ2v) is 5.67. The van der Waals surface area contributed by atoms with Gasteiger partial charge >= 0.3 is 0 Å². The van der Waals surface area contributed by atoms with Crippen molar-refractivity contribution in [3.05, 3.63) is 23.5 Å². The first-order valence-electron chi connectivity index (χ1n) is 7.19. The Labute approximate surface area is 113 Å². The molecular formula is C15H19N3O. The lowest BCUT2D eigenvalue weighted by atomic mass is 9.78. The molecule has 0 bridgehead atoms. The molecule has 2 unspecified atom stereocenters. The van der Waals surface area contributed by atoms with Crippen LogP contribution in [-0.4, -0.2) is 28.4 Å². The molecule has 4 nitrogen and oxygen atoms in total. The lowest BCUT2D eigenvalue weighted by Crippen LogP contribution is -2.49. The van der Waals surface area contributed by atoms with Crippen molar-refractivity contribution in [2.75, 3.05) is 6.54 Å². The Bertz CT molecular complexity index is 512. The summed E-state index contributed by atoms with van der Waals surface area (Å²) < 4.78 is 0. The summed E-state index contributed by atoms with van der Waals surface area (Å²) >= 11 is 0. The van der Waals surface area contributed by atoms with E-state index in [0.29, 0.717) is 23.2 Å². The van der Waals surface area contributed by atoms with Crippen molar-refractivity contribution in [3.63, 3.8) is 0 Å². The first-order chi connectivity index (χ1) is 9.29. The van der Waals surface area contributed by atoms with Gasteiger partial charge in [0, 0.05) is 18.8 Å². The SMILES string of the molecule is N#Cc1c[nH]c(C(=O)N2CCCC3CCCCC32)c1. The number of H-pyrrole nitrogens is 1. The van der Waals surface area contributed by atoms with Crippen LogP contribution in [0, 0.1) is 17.2 Å². The summed E-state index contributed by atoms with van der Waals surface area (Å²) in [5.74, 6) is 0.759. The van der Waals surface area contributed by atoms with Gasteiger partial charge in [0.25, 0.3) is 5.91 Å². The second-order valence-electron chi connectivity index (χ2n) is 5.67. The van der Waals surface area contributed by atoms with E-state index >= 15 is 0 Å². The number of carbonyl (C=O) groups is 1. The standard InChI is InChI=1S/C15H19N3O/c16-9-11-8-13(17-10-11)15(19)18-7-3-5-12-4-1-2-6-14(12)18/h8,10,12,14,17H,1-7H2. The number of carbonyl (C=O) groups excluding carboxylic acids is 1. The van der Waals surface area contributed by atoms with E-state index in [9.17, 15) is 4.79 Å². The van der Waals surface area contributed by atoms with Crippen LogP contribution in [0.15, 0.2) is 12.3 Å². The highest BCUT2D eigenvalue weighted by atomic mass is 16.2. The molecular weight excluding hydrogens is 238 g/mol. The summed E-state index contributed by atoms with van der Waals surface area (Å²) in [5.41, 5.74) is 1.09. The zero-order valence-electron chi connectivity index (χ0n) is 11.1. The van der Waals surface area contributed by atoms with Gasteiger partial charge < -0.3 is 9.88 Å². The first-order valence-corrected chi connectivity index (χ1v) is 7.19. The van der Waals surface area contributed by atoms with Crippen LogP contribution >= 0.6 is 0 Å². The van der Waals surface area contributed by atoms with E-state index in [0.717, 1.165) is 19.4 Å². The van der Waals surface area contributed by atoms with Gasteiger partial charge in [-0.1, -0.05) is 12.8 Å². The maximum atomic E-state index is 12.6. The normalized spacial score (nSPS) is 26.6. The van der Waals surface area contributed by atoms with Gasteiger partial charge in [0.2, 0.25) is 0 Å². The summed E-state index contributed by atoms with van der Waals surface area (Å²) in [6.45, 7) is 0.862. The predicted octanol–water partition coefficient (Wildman–Crippen LogP) is 2.68. The number of hydrogen-bond acceptors (Lipinski definition) is 2. The van der Waals surface area contributed by atoms with Gasteiger partial charge in [-0.3, -0.25) is 4.79 Å². The molecule has 1 aromatic heterocycles. The lowest BCUT2D eigenvalue weighted by molar-refractivity contribution is 0.0386. The smallest absolute Gasteiger partial charge is 0.270 e. The van der Waals surface area contributed by atoms with Gasteiger partial charge in [-0.25, -0.2) is 0 Å². The van der Waals surface area contributed by atoms with Crippen molar-refractivity contribution in [3.8, 4) is 6.07 Å². The molecule has 100 valence electrons. The van der Waals surface area contributed by atoms with E-state index < -0.39 is 0 Å².